The van der Waals surface area contributed by atoms with E-state index < -0.39 is 11.8 Å². The Bertz CT molecular complexity index is 1130. The average Bonchev–Trinajstić information content (AvgIpc) is 3.43. The minimum Gasteiger partial charge on any atom is -0.465 e. The van der Waals surface area contributed by atoms with Gasteiger partial charge in [-0.15, -0.1) is 0 Å². The molecule has 11 heteroatoms. The highest BCUT2D eigenvalue weighted by Gasteiger charge is 2.63. The molecule has 5 rings (SSSR count). The molecule has 5 heterocycles. The first-order valence-electron chi connectivity index (χ1n) is 21.5. The molecule has 298 valence electrons. The van der Waals surface area contributed by atoms with Gasteiger partial charge in [-0.25, -0.2) is 0 Å². The van der Waals surface area contributed by atoms with Crippen molar-refractivity contribution in [1.29, 1.82) is 0 Å². The number of nitrogens with zero attached hydrogens (tertiary/aromatic N) is 1. The Morgan fingerprint density at radius 3 is 2.37 bits per heavy atom. The number of aliphatic hydroxyl groups is 1. The minimum atomic E-state index is -0.899. The van der Waals surface area contributed by atoms with Crippen molar-refractivity contribution in [3.8, 4) is 0 Å². The summed E-state index contributed by atoms with van der Waals surface area (Å²) in [5, 5.41) is 20.5. The van der Waals surface area contributed by atoms with Gasteiger partial charge < -0.3 is 30.4 Å². The first-order chi connectivity index (χ1) is 25.3. The van der Waals surface area contributed by atoms with Crippen molar-refractivity contribution in [2.75, 3.05) is 19.7 Å². The quantitative estimate of drug-likeness (QED) is 0.0551. The molecule has 2 spiro atoms. The lowest BCUT2D eigenvalue weighted by Gasteiger charge is -2.60. The summed E-state index contributed by atoms with van der Waals surface area (Å²) in [6.45, 7) is 5.89. The molecule has 0 aromatic carbocycles. The summed E-state index contributed by atoms with van der Waals surface area (Å²) in [5.74, 6) is -0.699. The Balaban J connectivity index is 0.967. The molecule has 4 fully saturated rings. The van der Waals surface area contributed by atoms with Crippen LogP contribution in [0, 0.1) is 5.92 Å². The van der Waals surface area contributed by atoms with Crippen molar-refractivity contribution < 1.29 is 28.9 Å². The van der Waals surface area contributed by atoms with Crippen molar-refractivity contribution in [3.05, 3.63) is 12.2 Å². The number of carbonyl (C=O) groups is 2. The van der Waals surface area contributed by atoms with Crippen LogP contribution in [0.4, 0.5) is 0 Å². The SMILES string of the molecule is CCC1C=CCCC2(CC3CCC4C(C(=O)OCCCCCCCCCCCCCCC(O)C(=O)NCCCN)C5(CCCC(C)O5)NC(N2)N34)O1. The van der Waals surface area contributed by atoms with Gasteiger partial charge in [0.05, 0.1) is 18.8 Å². The summed E-state index contributed by atoms with van der Waals surface area (Å²) in [4.78, 5) is 28.4. The summed E-state index contributed by atoms with van der Waals surface area (Å²) in [5.41, 5.74) is 4.35. The summed E-state index contributed by atoms with van der Waals surface area (Å²) >= 11 is 0. The highest BCUT2D eigenvalue weighted by atomic mass is 16.6. The highest BCUT2D eigenvalue weighted by Crippen LogP contribution is 2.49. The lowest BCUT2D eigenvalue weighted by Crippen LogP contribution is -2.81. The normalized spacial score (nSPS) is 33.5. The van der Waals surface area contributed by atoms with Crippen LogP contribution in [0.5, 0.6) is 0 Å². The lowest BCUT2D eigenvalue weighted by molar-refractivity contribution is -0.255. The van der Waals surface area contributed by atoms with Crippen molar-refractivity contribution >= 4 is 11.9 Å². The van der Waals surface area contributed by atoms with Gasteiger partial charge in [-0.2, -0.15) is 0 Å². The second-order valence-corrected chi connectivity index (χ2v) is 16.5. The fourth-order valence-corrected chi connectivity index (χ4v) is 9.66. The zero-order chi connectivity index (χ0) is 36.8. The third-order valence-corrected chi connectivity index (χ3v) is 12.4. The van der Waals surface area contributed by atoms with E-state index in [1.807, 2.05) is 0 Å². The first kappa shape index (κ1) is 41.6. The van der Waals surface area contributed by atoms with E-state index in [1.54, 1.807) is 0 Å². The summed E-state index contributed by atoms with van der Waals surface area (Å²) < 4.78 is 19.7. The van der Waals surface area contributed by atoms with Gasteiger partial charge >= 0.3 is 5.97 Å². The van der Waals surface area contributed by atoms with Crippen LogP contribution in [-0.2, 0) is 23.8 Å². The molecule has 1 amide bonds. The monoisotopic (exact) mass is 732 g/mol. The number of rotatable bonds is 21. The molecule has 52 heavy (non-hydrogen) atoms. The summed E-state index contributed by atoms with van der Waals surface area (Å²) in [6, 6.07) is 0.466. The Labute approximate surface area is 314 Å². The van der Waals surface area contributed by atoms with Crippen LogP contribution in [0.25, 0.3) is 0 Å². The maximum atomic E-state index is 14.0. The minimum absolute atomic E-state index is 0.0889. The first-order valence-corrected chi connectivity index (χ1v) is 21.5. The lowest BCUT2D eigenvalue weighted by atomic mass is 9.79. The van der Waals surface area contributed by atoms with Gasteiger partial charge in [0.25, 0.3) is 0 Å². The topological polar surface area (TPSA) is 147 Å². The van der Waals surface area contributed by atoms with Gasteiger partial charge in [0.15, 0.2) is 0 Å². The molecule has 5 aliphatic rings. The zero-order valence-corrected chi connectivity index (χ0v) is 32.6. The predicted octanol–water partition coefficient (Wildman–Crippen LogP) is 5.88. The zero-order valence-electron chi connectivity index (χ0n) is 32.6. The largest absolute Gasteiger partial charge is 0.465 e. The van der Waals surface area contributed by atoms with Crippen LogP contribution in [0.3, 0.4) is 0 Å². The number of unbranched alkanes of at least 4 members (excludes halogenated alkanes) is 11. The van der Waals surface area contributed by atoms with E-state index in [4.69, 9.17) is 19.9 Å². The number of carbonyl (C=O) groups excluding carboxylic acids is 2. The third kappa shape index (κ3) is 11.2. The van der Waals surface area contributed by atoms with E-state index >= 15 is 0 Å². The van der Waals surface area contributed by atoms with Crippen molar-refractivity contribution in [2.45, 2.75) is 210 Å². The molecule has 11 nitrogen and oxygen atoms in total. The number of amides is 1. The van der Waals surface area contributed by atoms with Gasteiger partial charge in [-0.3, -0.25) is 25.1 Å². The predicted molar refractivity (Wildman–Crippen MR) is 204 cm³/mol. The molecule has 9 atom stereocenters. The standard InChI is InChI=1S/C41H73N5O6/c1-3-33-21-15-16-25-40(52-33)30-32-23-24-34-36(41(26-18-20-31(2)51-41)45-39(44-40)46(32)34)38(49)50-29-17-13-11-9-7-5-4-6-8-10-12-14-22-35(47)37(48)43-28-19-27-42/h15,21,31-36,39,44-45,47H,3-14,16-20,22-30,42H2,1-2H3,(H,43,48). The van der Waals surface area contributed by atoms with Crippen LogP contribution in [0.2, 0.25) is 0 Å². The Kier molecular flexibility index (Phi) is 16.7. The Morgan fingerprint density at radius 1 is 0.962 bits per heavy atom. The van der Waals surface area contributed by atoms with E-state index in [-0.39, 0.29) is 48.1 Å². The van der Waals surface area contributed by atoms with E-state index in [0.29, 0.717) is 32.2 Å². The molecule has 0 saturated carbocycles. The van der Waals surface area contributed by atoms with E-state index in [0.717, 1.165) is 96.3 Å². The second-order valence-electron chi connectivity index (χ2n) is 16.5. The number of hydrogen-bond donors (Lipinski definition) is 5. The van der Waals surface area contributed by atoms with Crippen molar-refractivity contribution in [2.24, 2.45) is 11.7 Å². The fourth-order valence-electron chi connectivity index (χ4n) is 9.66. The number of nitrogens with one attached hydrogen (secondary N) is 3. The molecule has 0 aromatic heterocycles. The fraction of sp³-hybridized carbons (Fsp3) is 0.902. The maximum Gasteiger partial charge on any atom is 0.314 e. The second kappa shape index (κ2) is 20.9. The molecule has 9 unspecified atom stereocenters. The Hall–Kier alpha value is -1.60. The summed E-state index contributed by atoms with van der Waals surface area (Å²) in [6.07, 6.45) is 27.6. The molecule has 0 aromatic rings. The molecular formula is C41H73N5O6. The summed E-state index contributed by atoms with van der Waals surface area (Å²) in [7, 11) is 0. The van der Waals surface area contributed by atoms with E-state index in [9.17, 15) is 14.7 Å². The van der Waals surface area contributed by atoms with Crippen molar-refractivity contribution in [3.63, 3.8) is 0 Å². The maximum absolute atomic E-state index is 14.0. The number of nitrogens with two attached hydrogens (primary N) is 1. The molecular weight excluding hydrogens is 658 g/mol. The van der Waals surface area contributed by atoms with E-state index in [2.05, 4.69) is 46.8 Å². The third-order valence-electron chi connectivity index (χ3n) is 12.4. The molecule has 4 saturated heterocycles. The van der Waals surface area contributed by atoms with Crippen LogP contribution in [0.1, 0.15) is 162 Å². The van der Waals surface area contributed by atoms with Crippen LogP contribution in [-0.4, -0.2) is 89.7 Å². The molecule has 0 aliphatic carbocycles. The molecule has 0 radical (unpaired) electrons. The molecule has 0 bridgehead atoms. The number of allylic oxidation sites excluding steroid dienone is 1. The van der Waals surface area contributed by atoms with Gasteiger partial charge in [0.2, 0.25) is 5.91 Å². The van der Waals surface area contributed by atoms with E-state index in [1.165, 1.54) is 44.9 Å². The number of aliphatic hydroxyl groups excluding tert-OH is 1. The van der Waals surface area contributed by atoms with Crippen LogP contribution in [0.15, 0.2) is 12.2 Å². The van der Waals surface area contributed by atoms with Gasteiger partial charge in [0, 0.05) is 25.0 Å². The Morgan fingerprint density at radius 2 is 1.67 bits per heavy atom. The number of esters is 1. The highest BCUT2D eigenvalue weighted by molar-refractivity contribution is 5.80. The number of hydrogen-bond acceptors (Lipinski definition) is 10. The molecule has 6 N–H and O–H groups in total. The van der Waals surface area contributed by atoms with Gasteiger partial charge in [-0.05, 0) is 84.1 Å². The van der Waals surface area contributed by atoms with Crippen LogP contribution < -0.4 is 21.7 Å². The average molecular weight is 732 g/mol. The number of ether oxygens (including phenoxy) is 3. The van der Waals surface area contributed by atoms with Crippen molar-refractivity contribution in [1.82, 2.24) is 20.9 Å². The van der Waals surface area contributed by atoms with Crippen LogP contribution >= 0.6 is 0 Å². The van der Waals surface area contributed by atoms with Gasteiger partial charge in [-0.1, -0.05) is 89.7 Å². The smallest absolute Gasteiger partial charge is 0.314 e. The van der Waals surface area contributed by atoms with Gasteiger partial charge in [0.1, 0.15) is 29.8 Å². The molecule has 5 aliphatic heterocycles.